The lowest BCUT2D eigenvalue weighted by Gasteiger charge is -2.29. The lowest BCUT2D eigenvalue weighted by atomic mass is 9.96. The molecule has 0 heterocycles. The third kappa shape index (κ3) is 4.10. The van der Waals surface area contributed by atoms with Gasteiger partial charge in [0.05, 0.1) is 5.54 Å². The Kier molecular flexibility index (Phi) is 4.19. The maximum atomic E-state index is 11.7. The van der Waals surface area contributed by atoms with Gasteiger partial charge in [-0.25, -0.2) is 0 Å². The van der Waals surface area contributed by atoms with E-state index in [1.54, 1.807) is 34.6 Å². The van der Waals surface area contributed by atoms with Crippen molar-refractivity contribution < 1.29 is 14.3 Å². The van der Waals surface area contributed by atoms with E-state index in [9.17, 15) is 9.59 Å². The van der Waals surface area contributed by atoms with Gasteiger partial charge in [0.1, 0.15) is 11.7 Å². The number of hydrogen-bond acceptors (Lipinski definition) is 4. The molecule has 4 nitrogen and oxygen atoms in total. The van der Waals surface area contributed by atoms with E-state index in [0.717, 1.165) is 0 Å². The van der Waals surface area contributed by atoms with Crippen LogP contribution in [0.5, 0.6) is 0 Å². The first kappa shape index (κ1) is 14.3. The van der Waals surface area contributed by atoms with E-state index in [1.165, 1.54) is 6.92 Å². The summed E-state index contributed by atoms with van der Waals surface area (Å²) in [4.78, 5) is 22.9. The first-order valence-electron chi connectivity index (χ1n) is 5.00. The molecule has 0 saturated heterocycles. The van der Waals surface area contributed by atoms with Gasteiger partial charge < -0.3 is 10.5 Å². The Labute approximate surface area is 91.2 Å². The summed E-state index contributed by atoms with van der Waals surface area (Å²) in [5.74, 6) is -0.325. The summed E-state index contributed by atoms with van der Waals surface area (Å²) in [5, 5.41) is 0. The summed E-state index contributed by atoms with van der Waals surface area (Å²) in [7, 11) is 0. The molecule has 0 aliphatic heterocycles. The van der Waals surface area contributed by atoms with Crippen molar-refractivity contribution in [3.63, 3.8) is 0 Å². The van der Waals surface area contributed by atoms with Crippen LogP contribution in [0.1, 0.15) is 41.5 Å². The Hall–Kier alpha value is -0.740. The van der Waals surface area contributed by atoms with Crippen LogP contribution in [-0.4, -0.2) is 28.8 Å². The number of ether oxygens (including phenoxy) is 1. The predicted octanol–water partition coefficient (Wildman–Crippen LogP) is 1.07. The van der Waals surface area contributed by atoms with Crippen LogP contribution in [0.4, 0.5) is 0 Å². The zero-order valence-corrected chi connectivity index (χ0v) is 10.4. The van der Waals surface area contributed by atoms with Gasteiger partial charge in [0.2, 0.25) is 0 Å². The molecule has 0 aliphatic rings. The van der Waals surface area contributed by atoms with Crippen LogP contribution in [0.15, 0.2) is 0 Å². The van der Waals surface area contributed by atoms with E-state index >= 15 is 0 Å². The molecule has 2 N–H and O–H groups in total. The van der Waals surface area contributed by atoms with Gasteiger partial charge >= 0.3 is 0 Å². The number of carbonyl (C=O) groups is 2. The number of hydrogen-bond donors (Lipinski definition) is 1. The zero-order chi connectivity index (χ0) is 12.4. The van der Waals surface area contributed by atoms with Crippen molar-refractivity contribution in [1.29, 1.82) is 0 Å². The number of ketones is 2. The lowest BCUT2D eigenvalue weighted by Crippen LogP contribution is -2.50. The number of rotatable bonds is 5. The smallest absolute Gasteiger partial charge is 0.180 e. The van der Waals surface area contributed by atoms with E-state index < -0.39 is 17.2 Å². The highest BCUT2D eigenvalue weighted by molar-refractivity contribution is 5.91. The Balaban J connectivity index is 4.58. The van der Waals surface area contributed by atoms with Crippen molar-refractivity contribution in [2.24, 2.45) is 5.73 Å². The lowest BCUT2D eigenvalue weighted by molar-refractivity contribution is -0.154. The van der Waals surface area contributed by atoms with Crippen LogP contribution in [0.2, 0.25) is 0 Å². The van der Waals surface area contributed by atoms with Crippen molar-refractivity contribution in [2.75, 3.05) is 0 Å². The minimum atomic E-state index is -0.944. The molecule has 1 atom stereocenters. The Morgan fingerprint density at radius 3 is 1.87 bits per heavy atom. The summed E-state index contributed by atoms with van der Waals surface area (Å²) >= 11 is 0. The normalized spacial score (nSPS) is 14.9. The summed E-state index contributed by atoms with van der Waals surface area (Å²) < 4.78 is 5.41. The Bertz CT molecular complexity index is 263. The molecule has 4 heteroatoms. The topological polar surface area (TPSA) is 69.4 Å². The molecule has 0 rings (SSSR count). The van der Waals surface area contributed by atoms with Crippen LogP contribution < -0.4 is 5.73 Å². The Morgan fingerprint density at radius 2 is 1.60 bits per heavy atom. The average molecular weight is 215 g/mol. The fourth-order valence-corrected chi connectivity index (χ4v) is 1.10. The van der Waals surface area contributed by atoms with Gasteiger partial charge in [-0.15, -0.1) is 0 Å². The second-order valence-electron chi connectivity index (χ2n) is 4.91. The predicted molar refractivity (Wildman–Crippen MR) is 58.6 cm³/mol. The molecule has 15 heavy (non-hydrogen) atoms. The SMILES string of the molecule is CC(=O)C(C)(C)OC(C)C(=O)C(C)(C)N. The van der Waals surface area contributed by atoms with Gasteiger partial charge in [-0.1, -0.05) is 0 Å². The average Bonchev–Trinajstić information content (AvgIpc) is 2.00. The molecule has 0 aromatic carbocycles. The van der Waals surface area contributed by atoms with Gasteiger partial charge in [0.25, 0.3) is 0 Å². The monoisotopic (exact) mass is 215 g/mol. The summed E-state index contributed by atoms with van der Waals surface area (Å²) in [6.07, 6.45) is -0.677. The van der Waals surface area contributed by atoms with E-state index in [4.69, 9.17) is 10.5 Å². The van der Waals surface area contributed by atoms with Crippen molar-refractivity contribution in [2.45, 2.75) is 58.8 Å². The van der Waals surface area contributed by atoms with Gasteiger partial charge in [-0.05, 0) is 41.5 Å². The van der Waals surface area contributed by atoms with E-state index in [-0.39, 0.29) is 11.6 Å². The quantitative estimate of drug-likeness (QED) is 0.744. The molecule has 0 spiro atoms. The summed E-state index contributed by atoms with van der Waals surface area (Å²) in [6, 6.07) is 0. The van der Waals surface area contributed by atoms with Gasteiger partial charge in [0.15, 0.2) is 11.6 Å². The van der Waals surface area contributed by atoms with Crippen LogP contribution in [0.3, 0.4) is 0 Å². The molecule has 0 saturated carbocycles. The molecule has 0 fully saturated rings. The molecular weight excluding hydrogens is 194 g/mol. The number of nitrogens with two attached hydrogens (primary N) is 1. The maximum absolute atomic E-state index is 11.7. The van der Waals surface area contributed by atoms with Crippen LogP contribution in [0, 0.1) is 0 Å². The molecule has 1 unspecified atom stereocenters. The van der Waals surface area contributed by atoms with E-state index in [0.29, 0.717) is 0 Å². The van der Waals surface area contributed by atoms with Gasteiger partial charge in [-0.3, -0.25) is 9.59 Å². The zero-order valence-electron chi connectivity index (χ0n) is 10.4. The minimum Gasteiger partial charge on any atom is -0.357 e. The third-order valence-electron chi connectivity index (χ3n) is 2.32. The maximum Gasteiger partial charge on any atom is 0.180 e. The highest BCUT2D eigenvalue weighted by atomic mass is 16.5. The van der Waals surface area contributed by atoms with E-state index in [2.05, 4.69) is 0 Å². The molecule has 0 aromatic rings. The van der Waals surface area contributed by atoms with Crippen LogP contribution >= 0.6 is 0 Å². The molecule has 88 valence electrons. The number of Topliss-reactive ketones (excluding diaryl/α,β-unsaturated/α-hetero) is 2. The van der Waals surface area contributed by atoms with E-state index in [1.807, 2.05) is 0 Å². The summed E-state index contributed by atoms with van der Waals surface area (Å²) in [5.41, 5.74) is 3.78. The highest BCUT2D eigenvalue weighted by Gasteiger charge is 2.34. The van der Waals surface area contributed by atoms with Crippen molar-refractivity contribution in [3.8, 4) is 0 Å². The minimum absolute atomic E-state index is 0.114. The van der Waals surface area contributed by atoms with Crippen LogP contribution in [0.25, 0.3) is 0 Å². The second-order valence-corrected chi connectivity index (χ2v) is 4.91. The molecule has 0 amide bonds. The van der Waals surface area contributed by atoms with Crippen molar-refractivity contribution >= 4 is 11.6 Å². The molecular formula is C11H21NO3. The van der Waals surface area contributed by atoms with Crippen molar-refractivity contribution in [3.05, 3.63) is 0 Å². The first-order valence-corrected chi connectivity index (χ1v) is 5.00. The molecule has 0 aromatic heterocycles. The van der Waals surface area contributed by atoms with Gasteiger partial charge in [0, 0.05) is 0 Å². The first-order chi connectivity index (χ1) is 6.48. The Morgan fingerprint density at radius 1 is 1.20 bits per heavy atom. The third-order valence-corrected chi connectivity index (χ3v) is 2.32. The largest absolute Gasteiger partial charge is 0.357 e. The highest BCUT2D eigenvalue weighted by Crippen LogP contribution is 2.16. The second kappa shape index (κ2) is 4.41. The fraction of sp³-hybridized carbons (Fsp3) is 0.818. The molecule has 0 bridgehead atoms. The van der Waals surface area contributed by atoms with Crippen LogP contribution in [-0.2, 0) is 14.3 Å². The fourth-order valence-electron chi connectivity index (χ4n) is 1.10. The van der Waals surface area contributed by atoms with Gasteiger partial charge in [-0.2, -0.15) is 0 Å². The molecule has 0 radical (unpaired) electrons. The number of carbonyl (C=O) groups excluding carboxylic acids is 2. The summed E-state index contributed by atoms with van der Waals surface area (Å²) in [6.45, 7) is 9.57. The van der Waals surface area contributed by atoms with Crippen molar-refractivity contribution in [1.82, 2.24) is 0 Å². The molecule has 0 aliphatic carbocycles. The standard InChI is InChI=1S/C11H21NO3/c1-7(9(14)10(3,4)12)15-11(5,6)8(2)13/h7H,12H2,1-6H3.